The van der Waals surface area contributed by atoms with Crippen molar-refractivity contribution in [3.63, 3.8) is 0 Å². The zero-order chi connectivity index (χ0) is 40.3. The standard InChI is InChI=1S/C37H47N6O10PS/c1-28(12-11-22-54(47,53-34-15-9-6-10-16-34)41-30(3)36(45)51-25-31-13-7-5-8-14-31)24-50-27-43(21-23-55(4,48)49)37(46)52-26-32-17-19-33(20-18-32)39-35(44)29(2)40-42-38/h5-10,12-20,29-30H,11,21-27H2,1-4H3,(H,39,44)(H,41,47)/b28-12+/t29-,30-,54?/m0/s1. The molecule has 0 spiro atoms. The van der Waals surface area contributed by atoms with Crippen molar-refractivity contribution >= 4 is 41.0 Å². The van der Waals surface area contributed by atoms with E-state index in [-0.39, 0.29) is 51.4 Å². The molecule has 3 atom stereocenters. The third-order valence-corrected chi connectivity index (χ3v) is 10.7. The molecule has 296 valence electrons. The number of azide groups is 1. The average Bonchev–Trinajstić information content (AvgIpc) is 3.15. The van der Waals surface area contributed by atoms with E-state index in [0.717, 1.165) is 22.3 Å². The lowest BCUT2D eigenvalue weighted by molar-refractivity contribution is -0.146. The Kier molecular flexibility index (Phi) is 17.9. The van der Waals surface area contributed by atoms with Gasteiger partial charge >= 0.3 is 19.6 Å². The molecule has 1 unspecified atom stereocenters. The van der Waals surface area contributed by atoms with Crippen molar-refractivity contribution < 1.29 is 46.1 Å². The molecule has 2 amide bonds. The van der Waals surface area contributed by atoms with Crippen molar-refractivity contribution in [1.29, 1.82) is 0 Å². The number of benzene rings is 3. The first kappa shape index (κ1) is 44.2. The van der Waals surface area contributed by atoms with Gasteiger partial charge in [-0.15, -0.1) is 0 Å². The highest BCUT2D eigenvalue weighted by Crippen LogP contribution is 2.44. The van der Waals surface area contributed by atoms with E-state index in [1.807, 2.05) is 30.3 Å². The molecule has 3 aromatic carbocycles. The van der Waals surface area contributed by atoms with Crippen LogP contribution in [-0.4, -0.2) is 81.4 Å². The van der Waals surface area contributed by atoms with Crippen LogP contribution in [0.15, 0.2) is 102 Å². The van der Waals surface area contributed by atoms with E-state index in [0.29, 0.717) is 17.0 Å². The second-order valence-electron chi connectivity index (χ2n) is 12.6. The number of nitrogens with one attached hydrogen (secondary N) is 2. The highest BCUT2D eigenvalue weighted by molar-refractivity contribution is 7.90. The molecule has 3 aromatic rings. The van der Waals surface area contributed by atoms with E-state index in [1.54, 1.807) is 74.5 Å². The van der Waals surface area contributed by atoms with E-state index < -0.39 is 47.4 Å². The quantitative estimate of drug-likeness (QED) is 0.0210. The Morgan fingerprint density at radius 2 is 1.56 bits per heavy atom. The highest BCUT2D eigenvalue weighted by atomic mass is 32.2. The van der Waals surface area contributed by atoms with Gasteiger partial charge in [0.05, 0.1) is 18.5 Å². The first-order valence-electron chi connectivity index (χ1n) is 17.2. The van der Waals surface area contributed by atoms with Crippen molar-refractivity contribution in [2.45, 2.75) is 52.5 Å². The van der Waals surface area contributed by atoms with Gasteiger partial charge in [0, 0.05) is 23.4 Å². The van der Waals surface area contributed by atoms with Crippen LogP contribution in [0.5, 0.6) is 5.75 Å². The van der Waals surface area contributed by atoms with E-state index >= 15 is 0 Å². The highest BCUT2D eigenvalue weighted by Gasteiger charge is 2.30. The van der Waals surface area contributed by atoms with Gasteiger partial charge in [0.2, 0.25) is 5.91 Å². The van der Waals surface area contributed by atoms with E-state index in [1.165, 1.54) is 6.92 Å². The largest absolute Gasteiger partial charge is 0.460 e. The first-order valence-corrected chi connectivity index (χ1v) is 21.1. The zero-order valence-corrected chi connectivity index (χ0v) is 32.9. The summed E-state index contributed by atoms with van der Waals surface area (Å²) in [5.41, 5.74) is 11.1. The Morgan fingerprint density at radius 1 is 0.945 bits per heavy atom. The number of nitrogens with zero attached hydrogens (tertiary/aromatic N) is 4. The number of para-hydroxylation sites is 1. The predicted octanol–water partition coefficient (Wildman–Crippen LogP) is 6.61. The lowest BCUT2D eigenvalue weighted by Gasteiger charge is -2.23. The van der Waals surface area contributed by atoms with Gasteiger partial charge in [0.15, 0.2) is 0 Å². The van der Waals surface area contributed by atoms with Crippen LogP contribution in [0.25, 0.3) is 10.4 Å². The first-order chi connectivity index (χ1) is 26.2. The fourth-order valence-corrected chi connectivity index (χ4v) is 7.08. The number of sulfone groups is 1. The second kappa shape index (κ2) is 22.3. The molecule has 2 N–H and O–H groups in total. The minimum absolute atomic E-state index is 0.0323. The summed E-state index contributed by atoms with van der Waals surface area (Å²) in [5.74, 6) is -1.02. The molecule has 0 aliphatic heterocycles. The Hall–Kier alpha value is -5.18. The minimum atomic E-state index is -3.63. The van der Waals surface area contributed by atoms with Crippen LogP contribution >= 0.6 is 7.52 Å². The summed E-state index contributed by atoms with van der Waals surface area (Å²) in [4.78, 5) is 41.5. The summed E-state index contributed by atoms with van der Waals surface area (Å²) in [5, 5.41) is 8.81. The molecule has 55 heavy (non-hydrogen) atoms. The average molecular weight is 799 g/mol. The normalized spacial score (nSPS) is 13.6. The maximum absolute atomic E-state index is 14.0. The van der Waals surface area contributed by atoms with Crippen LogP contribution in [-0.2, 0) is 51.4 Å². The third-order valence-electron chi connectivity index (χ3n) is 7.64. The number of carbonyl (C=O) groups is 3. The molecule has 16 nitrogen and oxygen atoms in total. The number of anilines is 1. The molecule has 0 bridgehead atoms. The molecule has 0 aliphatic carbocycles. The fourth-order valence-electron chi connectivity index (χ4n) is 4.63. The van der Waals surface area contributed by atoms with E-state index in [4.69, 9.17) is 24.3 Å². The maximum Gasteiger partial charge on any atom is 0.411 e. The predicted molar refractivity (Wildman–Crippen MR) is 208 cm³/mol. The fraction of sp³-hybridized carbons (Fsp3) is 0.378. The molecular weight excluding hydrogens is 751 g/mol. The number of hydrogen-bond donors (Lipinski definition) is 2. The van der Waals surface area contributed by atoms with Gasteiger partial charge < -0.3 is 24.1 Å². The molecule has 3 rings (SSSR count). The lowest BCUT2D eigenvalue weighted by Crippen LogP contribution is -2.37. The monoisotopic (exact) mass is 798 g/mol. The molecular formula is C37H47N6O10PS. The SMILES string of the molecule is C/C(=C\CCP(=O)(N[C@@H](C)C(=O)OCc1ccccc1)Oc1ccccc1)COCN(CCS(C)(=O)=O)C(=O)OCc1ccc(NC(=O)[C@H](C)N=[N+]=[N-])cc1. The Bertz CT molecular complexity index is 1940. The molecule has 0 radical (unpaired) electrons. The summed E-state index contributed by atoms with van der Waals surface area (Å²) in [6.07, 6.45) is 2.37. The van der Waals surface area contributed by atoms with Crippen molar-refractivity contribution in [3.8, 4) is 5.75 Å². The lowest BCUT2D eigenvalue weighted by atomic mass is 10.2. The third kappa shape index (κ3) is 17.2. The maximum atomic E-state index is 14.0. The Morgan fingerprint density at radius 3 is 2.20 bits per heavy atom. The minimum Gasteiger partial charge on any atom is -0.460 e. The number of amides is 2. The van der Waals surface area contributed by atoms with Gasteiger partial charge in [-0.2, -0.15) is 0 Å². The van der Waals surface area contributed by atoms with Gasteiger partial charge in [-0.3, -0.25) is 19.1 Å². The van der Waals surface area contributed by atoms with Crippen molar-refractivity contribution in [2.75, 3.05) is 43.4 Å². The summed E-state index contributed by atoms with van der Waals surface area (Å²) in [7, 11) is -7.04. The molecule has 0 fully saturated rings. The number of carbonyl (C=O) groups excluding carboxylic acids is 3. The van der Waals surface area contributed by atoms with Crippen LogP contribution in [0.1, 0.15) is 38.3 Å². The Balaban J connectivity index is 1.55. The molecule has 0 heterocycles. The molecule has 18 heteroatoms. The van der Waals surface area contributed by atoms with Crippen molar-refractivity contribution in [1.82, 2.24) is 9.99 Å². The van der Waals surface area contributed by atoms with Crippen LogP contribution in [0.4, 0.5) is 10.5 Å². The molecule has 0 saturated heterocycles. The molecule has 0 aliphatic rings. The number of ether oxygens (including phenoxy) is 3. The van der Waals surface area contributed by atoms with Crippen LogP contribution < -0.4 is 14.9 Å². The summed E-state index contributed by atoms with van der Waals surface area (Å²) < 4.78 is 60.2. The number of esters is 1. The molecule has 0 aromatic heterocycles. The smallest absolute Gasteiger partial charge is 0.411 e. The van der Waals surface area contributed by atoms with Crippen LogP contribution in [0.3, 0.4) is 0 Å². The second-order valence-corrected chi connectivity index (χ2v) is 17.1. The van der Waals surface area contributed by atoms with Crippen molar-refractivity contribution in [3.05, 3.63) is 118 Å². The van der Waals surface area contributed by atoms with E-state index in [9.17, 15) is 27.4 Å². The van der Waals surface area contributed by atoms with Crippen LogP contribution in [0, 0.1) is 0 Å². The van der Waals surface area contributed by atoms with Crippen molar-refractivity contribution in [2.24, 2.45) is 5.11 Å². The van der Waals surface area contributed by atoms with E-state index in [2.05, 4.69) is 20.4 Å². The molecule has 0 saturated carbocycles. The Labute approximate surface area is 321 Å². The summed E-state index contributed by atoms with van der Waals surface area (Å²) in [6, 6.07) is 22.4. The van der Waals surface area contributed by atoms with Gasteiger partial charge in [-0.25, -0.2) is 18.3 Å². The van der Waals surface area contributed by atoms with Gasteiger partial charge in [-0.05, 0) is 68.1 Å². The number of allylic oxidation sites excluding steroid dienone is 1. The number of rotatable bonds is 22. The van der Waals surface area contributed by atoms with Gasteiger partial charge in [-0.1, -0.05) is 77.4 Å². The van der Waals surface area contributed by atoms with Gasteiger partial charge in [0.1, 0.15) is 47.6 Å². The summed E-state index contributed by atoms with van der Waals surface area (Å²) >= 11 is 0. The number of hydrogen-bond acceptors (Lipinski definition) is 11. The van der Waals surface area contributed by atoms with Crippen LogP contribution in [0.2, 0.25) is 0 Å². The zero-order valence-electron chi connectivity index (χ0n) is 31.2. The van der Waals surface area contributed by atoms with Gasteiger partial charge in [0.25, 0.3) is 0 Å². The topological polar surface area (TPSA) is 215 Å². The summed E-state index contributed by atoms with van der Waals surface area (Å²) in [6.45, 7) is 4.34.